The van der Waals surface area contributed by atoms with Gasteiger partial charge in [-0.1, -0.05) is 72.3 Å². The van der Waals surface area contributed by atoms with E-state index in [1.165, 1.54) is 0 Å². The second-order valence-electron chi connectivity index (χ2n) is 5.13. The fraction of sp³-hybridized carbons (Fsp3) is 0.105. The minimum absolute atomic E-state index is 0.360. The maximum absolute atomic E-state index is 10.4. The molecule has 0 saturated heterocycles. The lowest BCUT2D eigenvalue weighted by Gasteiger charge is -2.11. The van der Waals surface area contributed by atoms with Crippen molar-refractivity contribution in [2.75, 3.05) is 0 Å². The van der Waals surface area contributed by atoms with Gasteiger partial charge in [0.25, 0.3) is 0 Å². The minimum Gasteiger partial charge on any atom is -0.388 e. The summed E-state index contributed by atoms with van der Waals surface area (Å²) in [7, 11) is 0. The minimum atomic E-state index is -0.662. The van der Waals surface area contributed by atoms with Gasteiger partial charge in [0.2, 0.25) is 0 Å². The van der Waals surface area contributed by atoms with Crippen molar-refractivity contribution in [1.82, 2.24) is 4.98 Å². The molecule has 2 nitrogen and oxygen atoms in total. The van der Waals surface area contributed by atoms with Gasteiger partial charge in [-0.2, -0.15) is 0 Å². The highest BCUT2D eigenvalue weighted by molar-refractivity contribution is 6.30. The molecular weight excluding hydrogens is 294 g/mol. The first-order chi connectivity index (χ1) is 10.7. The van der Waals surface area contributed by atoms with Crippen molar-refractivity contribution in [1.29, 1.82) is 0 Å². The highest BCUT2D eigenvalue weighted by Crippen LogP contribution is 2.27. The molecule has 0 aliphatic heterocycles. The maximum atomic E-state index is 10.4. The summed E-state index contributed by atoms with van der Waals surface area (Å²) in [6.45, 7) is 0. The van der Waals surface area contributed by atoms with E-state index in [1.54, 1.807) is 0 Å². The Hall–Kier alpha value is -2.16. The summed E-state index contributed by atoms with van der Waals surface area (Å²) >= 11 is 6.20. The number of aliphatic hydroxyl groups excluding tert-OH is 1. The van der Waals surface area contributed by atoms with E-state index >= 15 is 0 Å². The average molecular weight is 310 g/mol. The Kier molecular flexibility index (Phi) is 4.52. The van der Waals surface area contributed by atoms with Gasteiger partial charge < -0.3 is 5.11 Å². The number of aliphatic hydroxyl groups is 1. The van der Waals surface area contributed by atoms with E-state index < -0.39 is 6.10 Å². The second-order valence-corrected chi connectivity index (χ2v) is 5.48. The highest BCUT2D eigenvalue weighted by Gasteiger charge is 2.12. The van der Waals surface area contributed by atoms with Gasteiger partial charge in [0.05, 0.1) is 11.6 Å². The summed E-state index contributed by atoms with van der Waals surface area (Å²) in [5.74, 6) is 0. The van der Waals surface area contributed by atoms with Crippen molar-refractivity contribution in [3.8, 4) is 0 Å². The third kappa shape index (κ3) is 3.35. The van der Waals surface area contributed by atoms with Crippen molar-refractivity contribution >= 4 is 28.6 Å². The summed E-state index contributed by atoms with van der Waals surface area (Å²) in [4.78, 5) is 4.34. The summed E-state index contributed by atoms with van der Waals surface area (Å²) in [6.07, 6.45) is 3.77. The zero-order valence-corrected chi connectivity index (χ0v) is 12.7. The van der Waals surface area contributed by atoms with Gasteiger partial charge in [0.1, 0.15) is 5.15 Å². The molecule has 0 spiro atoms. The standard InChI is InChI=1S/C19H16ClNO/c20-19-16(13-15-10-4-5-11-17(15)21-19)18(22)12-6-9-14-7-2-1-3-8-14/h1-11,13,18,22H,12H2/b9-6+. The Bertz CT molecular complexity index is 799. The van der Waals surface area contributed by atoms with Crippen molar-refractivity contribution in [3.63, 3.8) is 0 Å². The van der Waals surface area contributed by atoms with Crippen LogP contribution in [0.15, 0.2) is 66.7 Å². The third-order valence-corrected chi connectivity index (χ3v) is 3.84. The van der Waals surface area contributed by atoms with E-state index in [1.807, 2.05) is 72.8 Å². The second kappa shape index (κ2) is 6.73. The Morgan fingerprint density at radius 3 is 2.59 bits per heavy atom. The van der Waals surface area contributed by atoms with Gasteiger partial charge in [0.15, 0.2) is 0 Å². The summed E-state index contributed by atoms with van der Waals surface area (Å²) in [5.41, 5.74) is 2.61. The van der Waals surface area contributed by atoms with Gasteiger partial charge in [-0.25, -0.2) is 4.98 Å². The van der Waals surface area contributed by atoms with Crippen LogP contribution >= 0.6 is 11.6 Å². The van der Waals surface area contributed by atoms with Crippen LogP contribution < -0.4 is 0 Å². The molecular formula is C19H16ClNO. The zero-order valence-electron chi connectivity index (χ0n) is 12.0. The monoisotopic (exact) mass is 309 g/mol. The number of hydrogen-bond acceptors (Lipinski definition) is 2. The predicted molar refractivity (Wildman–Crippen MR) is 91.8 cm³/mol. The molecule has 1 atom stereocenters. The van der Waals surface area contributed by atoms with E-state index in [0.717, 1.165) is 16.5 Å². The van der Waals surface area contributed by atoms with Crippen LogP contribution in [-0.2, 0) is 0 Å². The number of rotatable bonds is 4. The van der Waals surface area contributed by atoms with Crippen LogP contribution in [-0.4, -0.2) is 10.1 Å². The molecule has 0 aliphatic carbocycles. The quantitative estimate of drug-likeness (QED) is 0.686. The summed E-state index contributed by atoms with van der Waals surface area (Å²) in [6, 6.07) is 19.6. The van der Waals surface area contributed by atoms with Crippen molar-refractivity contribution < 1.29 is 5.11 Å². The molecule has 0 fully saturated rings. The third-order valence-electron chi connectivity index (χ3n) is 3.53. The van der Waals surface area contributed by atoms with Crippen LogP contribution in [0, 0.1) is 0 Å². The number of hydrogen-bond donors (Lipinski definition) is 1. The van der Waals surface area contributed by atoms with Crippen LogP contribution in [0.5, 0.6) is 0 Å². The zero-order chi connectivity index (χ0) is 15.4. The first-order valence-corrected chi connectivity index (χ1v) is 7.56. The lowest BCUT2D eigenvalue weighted by atomic mass is 10.1. The molecule has 3 rings (SSSR count). The lowest BCUT2D eigenvalue weighted by Crippen LogP contribution is -1.99. The van der Waals surface area contributed by atoms with Gasteiger partial charge in [-0.15, -0.1) is 0 Å². The van der Waals surface area contributed by atoms with Crippen LogP contribution in [0.1, 0.15) is 23.7 Å². The Labute approximate surface area is 134 Å². The molecule has 2 aromatic carbocycles. The molecule has 3 heteroatoms. The van der Waals surface area contributed by atoms with Gasteiger partial charge in [-0.3, -0.25) is 0 Å². The molecule has 1 aromatic heterocycles. The Morgan fingerprint density at radius 2 is 1.77 bits per heavy atom. The Balaban J connectivity index is 1.78. The van der Waals surface area contributed by atoms with Gasteiger partial charge >= 0.3 is 0 Å². The first kappa shape index (κ1) is 14.8. The largest absolute Gasteiger partial charge is 0.388 e. The highest BCUT2D eigenvalue weighted by atomic mass is 35.5. The molecule has 0 bridgehead atoms. The SMILES string of the molecule is OC(C/C=C/c1ccccc1)c1cc2ccccc2nc1Cl. The van der Waals surface area contributed by atoms with E-state index in [-0.39, 0.29) is 0 Å². The number of para-hydroxylation sites is 1. The number of halogens is 1. The molecule has 1 N–H and O–H groups in total. The number of pyridine rings is 1. The molecule has 110 valence electrons. The fourth-order valence-corrected chi connectivity index (χ4v) is 2.64. The average Bonchev–Trinajstić information content (AvgIpc) is 2.55. The van der Waals surface area contributed by atoms with Crippen LogP contribution in [0.2, 0.25) is 5.15 Å². The smallest absolute Gasteiger partial charge is 0.135 e. The summed E-state index contributed by atoms with van der Waals surface area (Å²) in [5, 5.41) is 11.7. The van der Waals surface area contributed by atoms with Gasteiger partial charge in [-0.05, 0) is 24.1 Å². The van der Waals surface area contributed by atoms with E-state index in [2.05, 4.69) is 4.98 Å². The molecule has 0 radical (unpaired) electrons. The number of benzene rings is 2. The maximum Gasteiger partial charge on any atom is 0.135 e. The van der Waals surface area contributed by atoms with Crippen LogP contribution in [0.3, 0.4) is 0 Å². The van der Waals surface area contributed by atoms with Crippen molar-refractivity contribution in [2.45, 2.75) is 12.5 Å². The molecule has 3 aromatic rings. The predicted octanol–water partition coefficient (Wildman–Crippen LogP) is 5.03. The van der Waals surface area contributed by atoms with Crippen LogP contribution in [0.4, 0.5) is 0 Å². The summed E-state index contributed by atoms with van der Waals surface area (Å²) < 4.78 is 0. The van der Waals surface area contributed by atoms with Crippen LogP contribution in [0.25, 0.3) is 17.0 Å². The lowest BCUT2D eigenvalue weighted by molar-refractivity contribution is 0.181. The molecule has 0 aliphatic rings. The molecule has 0 amide bonds. The van der Waals surface area contributed by atoms with E-state index in [4.69, 9.17) is 11.6 Å². The van der Waals surface area contributed by atoms with Crippen molar-refractivity contribution in [2.24, 2.45) is 0 Å². The van der Waals surface area contributed by atoms with Gasteiger partial charge in [0, 0.05) is 10.9 Å². The Morgan fingerprint density at radius 1 is 1.05 bits per heavy atom. The first-order valence-electron chi connectivity index (χ1n) is 7.19. The normalized spacial score (nSPS) is 12.8. The molecule has 1 unspecified atom stereocenters. The topological polar surface area (TPSA) is 33.1 Å². The van der Waals surface area contributed by atoms with E-state index in [0.29, 0.717) is 17.1 Å². The molecule has 1 heterocycles. The number of fused-ring (bicyclic) bond motifs is 1. The fourth-order valence-electron chi connectivity index (χ4n) is 2.37. The number of aromatic nitrogens is 1. The molecule has 0 saturated carbocycles. The van der Waals surface area contributed by atoms with E-state index in [9.17, 15) is 5.11 Å². The number of nitrogens with zero attached hydrogens (tertiary/aromatic N) is 1. The van der Waals surface area contributed by atoms with Crippen molar-refractivity contribution in [3.05, 3.63) is 83.0 Å². The molecule has 22 heavy (non-hydrogen) atoms.